The molecule has 0 aliphatic carbocycles. The molecule has 0 aliphatic heterocycles. The van der Waals surface area contributed by atoms with Crippen LogP contribution in [-0.4, -0.2) is 27.3 Å². The molecule has 0 saturated carbocycles. The predicted octanol–water partition coefficient (Wildman–Crippen LogP) is 4.94. The number of nitrogens with one attached hydrogen (secondary N) is 2. The number of sulfonamides is 1. The van der Waals surface area contributed by atoms with Gasteiger partial charge in [-0.15, -0.1) is 0 Å². The van der Waals surface area contributed by atoms with Crippen molar-refractivity contribution < 1.29 is 22.4 Å². The Kier molecular flexibility index (Phi) is 7.42. The highest BCUT2D eigenvalue weighted by atomic mass is 35.5. The number of nitrogens with zero attached hydrogens (tertiary/aromatic N) is 1. The minimum atomic E-state index is -3.80. The van der Waals surface area contributed by atoms with E-state index in [0.717, 1.165) is 4.31 Å². The number of anilines is 2. The molecule has 0 spiro atoms. The Balaban J connectivity index is 1.46. The maximum atomic E-state index is 12.9. The molecule has 4 rings (SSSR count). The highest BCUT2D eigenvalue weighted by molar-refractivity contribution is 7.92. The summed E-state index contributed by atoms with van der Waals surface area (Å²) in [6.07, 6.45) is 1.52. The molecule has 1 heterocycles. The molecule has 2 N–H and O–H groups in total. The fourth-order valence-corrected chi connectivity index (χ4v) is 4.71. The number of hydrogen-bond acceptors (Lipinski definition) is 5. The van der Waals surface area contributed by atoms with Crippen molar-refractivity contribution in [3.63, 3.8) is 0 Å². The summed E-state index contributed by atoms with van der Waals surface area (Å²) in [6, 6.07) is 22.1. The van der Waals surface area contributed by atoms with Gasteiger partial charge in [0.25, 0.3) is 21.8 Å². The number of amides is 2. The lowest BCUT2D eigenvalue weighted by molar-refractivity contribution is 0.0949. The van der Waals surface area contributed by atoms with Crippen LogP contribution in [0.1, 0.15) is 26.5 Å². The summed E-state index contributed by atoms with van der Waals surface area (Å²) < 4.78 is 32.1. The molecule has 0 bridgehead atoms. The highest BCUT2D eigenvalue weighted by Crippen LogP contribution is 2.24. The molecule has 4 aromatic rings. The van der Waals surface area contributed by atoms with Gasteiger partial charge in [-0.2, -0.15) is 0 Å². The molecule has 0 atom stereocenters. The summed E-state index contributed by atoms with van der Waals surface area (Å²) in [4.78, 5) is 25.6. The van der Waals surface area contributed by atoms with E-state index in [1.807, 2.05) is 0 Å². The Hall–Kier alpha value is -4.08. The number of para-hydroxylation sites is 1. The van der Waals surface area contributed by atoms with Gasteiger partial charge in [-0.3, -0.25) is 13.9 Å². The van der Waals surface area contributed by atoms with Gasteiger partial charge in [0.2, 0.25) is 0 Å². The topological polar surface area (TPSA) is 109 Å². The molecule has 3 aromatic carbocycles. The number of rotatable bonds is 8. The van der Waals surface area contributed by atoms with Gasteiger partial charge in [0.15, 0.2) is 0 Å². The van der Waals surface area contributed by atoms with Crippen molar-refractivity contribution in [2.75, 3.05) is 16.7 Å². The van der Waals surface area contributed by atoms with Crippen molar-refractivity contribution in [1.29, 1.82) is 0 Å². The van der Waals surface area contributed by atoms with Gasteiger partial charge >= 0.3 is 0 Å². The fourth-order valence-electron chi connectivity index (χ4n) is 3.39. The van der Waals surface area contributed by atoms with Crippen LogP contribution in [0.3, 0.4) is 0 Å². The normalized spacial score (nSPS) is 11.1. The zero-order valence-electron chi connectivity index (χ0n) is 19.1. The predicted molar refractivity (Wildman–Crippen MR) is 138 cm³/mol. The van der Waals surface area contributed by atoms with Crippen molar-refractivity contribution in [2.24, 2.45) is 0 Å². The van der Waals surface area contributed by atoms with Crippen LogP contribution in [0.25, 0.3) is 0 Å². The van der Waals surface area contributed by atoms with Gasteiger partial charge in [-0.25, -0.2) is 8.42 Å². The van der Waals surface area contributed by atoms with Crippen molar-refractivity contribution in [3.05, 3.63) is 113 Å². The van der Waals surface area contributed by atoms with Crippen LogP contribution in [0, 0.1) is 0 Å². The smallest absolute Gasteiger partial charge is 0.264 e. The third-order valence-electron chi connectivity index (χ3n) is 5.39. The van der Waals surface area contributed by atoms with Crippen molar-refractivity contribution in [2.45, 2.75) is 11.4 Å². The minimum absolute atomic E-state index is 0.0955. The minimum Gasteiger partial charge on any atom is -0.467 e. The first kappa shape index (κ1) is 25.0. The van der Waals surface area contributed by atoms with Crippen molar-refractivity contribution >= 4 is 44.8 Å². The van der Waals surface area contributed by atoms with Gasteiger partial charge in [0.05, 0.1) is 34.6 Å². The third kappa shape index (κ3) is 5.59. The summed E-state index contributed by atoms with van der Waals surface area (Å²) >= 11 is 5.85. The molecule has 0 aliphatic rings. The number of furan rings is 1. The van der Waals surface area contributed by atoms with Crippen LogP contribution in [0.4, 0.5) is 11.4 Å². The molecule has 0 radical (unpaired) electrons. The average molecular weight is 524 g/mol. The zero-order chi connectivity index (χ0) is 25.7. The monoisotopic (exact) mass is 523 g/mol. The number of carbonyl (C=O) groups excluding carboxylic acids is 2. The van der Waals surface area contributed by atoms with Crippen molar-refractivity contribution in [1.82, 2.24) is 5.32 Å². The quantitative estimate of drug-likeness (QED) is 0.340. The highest BCUT2D eigenvalue weighted by Gasteiger charge is 2.22. The van der Waals surface area contributed by atoms with E-state index in [1.165, 1.54) is 61.8 Å². The second-order valence-corrected chi connectivity index (χ2v) is 10.1. The van der Waals surface area contributed by atoms with E-state index < -0.39 is 15.9 Å². The van der Waals surface area contributed by atoms with Crippen LogP contribution < -0.4 is 14.9 Å². The zero-order valence-corrected chi connectivity index (χ0v) is 20.7. The lowest BCUT2D eigenvalue weighted by atomic mass is 10.1. The summed E-state index contributed by atoms with van der Waals surface area (Å²) in [6.45, 7) is 0.210. The number of halogens is 1. The van der Waals surface area contributed by atoms with E-state index in [9.17, 15) is 18.0 Å². The Labute approximate surface area is 213 Å². The molecule has 10 heteroatoms. The van der Waals surface area contributed by atoms with Gasteiger partial charge < -0.3 is 15.1 Å². The number of hydrogen-bond donors (Lipinski definition) is 2. The second kappa shape index (κ2) is 10.7. The molecule has 36 heavy (non-hydrogen) atoms. The Morgan fingerprint density at radius 2 is 1.58 bits per heavy atom. The van der Waals surface area contributed by atoms with Crippen LogP contribution in [0.2, 0.25) is 5.02 Å². The summed E-state index contributed by atoms with van der Waals surface area (Å²) in [7, 11) is -2.38. The molecule has 0 fully saturated rings. The maximum Gasteiger partial charge on any atom is 0.264 e. The standard InChI is InChI=1S/C26H22ClN3O5S/c1-30(36(33,34)22-14-10-19(27)11-15-22)20-12-8-18(9-13-20)25(31)29-24-7-3-2-6-23(24)26(32)28-17-21-5-4-16-35-21/h2-16H,17H2,1H3,(H,28,32)(H,29,31). The van der Waals surface area contributed by atoms with E-state index >= 15 is 0 Å². The molecule has 8 nitrogen and oxygen atoms in total. The Bertz CT molecular complexity index is 1470. The van der Waals surface area contributed by atoms with Crippen LogP contribution in [0.5, 0.6) is 0 Å². The van der Waals surface area contributed by atoms with Crippen LogP contribution in [0.15, 0.2) is 101 Å². The number of carbonyl (C=O) groups is 2. The summed E-state index contributed by atoms with van der Waals surface area (Å²) in [5.74, 6) is -0.212. The molecule has 0 unspecified atom stereocenters. The lowest BCUT2D eigenvalue weighted by Crippen LogP contribution is -2.26. The van der Waals surface area contributed by atoms with Gasteiger partial charge in [-0.1, -0.05) is 23.7 Å². The Morgan fingerprint density at radius 3 is 2.25 bits per heavy atom. The molecular weight excluding hydrogens is 502 g/mol. The second-order valence-electron chi connectivity index (χ2n) is 7.74. The Morgan fingerprint density at radius 1 is 0.889 bits per heavy atom. The van der Waals surface area contributed by atoms with E-state index in [0.29, 0.717) is 33.3 Å². The van der Waals surface area contributed by atoms with Crippen LogP contribution >= 0.6 is 11.6 Å². The van der Waals surface area contributed by atoms with Gasteiger partial charge in [0.1, 0.15) is 5.76 Å². The fraction of sp³-hybridized carbons (Fsp3) is 0.0769. The van der Waals surface area contributed by atoms with Gasteiger partial charge in [0, 0.05) is 17.6 Å². The lowest BCUT2D eigenvalue weighted by Gasteiger charge is -2.20. The third-order valence-corrected chi connectivity index (χ3v) is 7.44. The molecule has 0 saturated heterocycles. The maximum absolute atomic E-state index is 12.9. The van der Waals surface area contributed by atoms with E-state index in [2.05, 4.69) is 10.6 Å². The molecule has 1 aromatic heterocycles. The SMILES string of the molecule is CN(c1ccc(C(=O)Nc2ccccc2C(=O)NCc2ccco2)cc1)S(=O)(=O)c1ccc(Cl)cc1. The first-order valence-corrected chi connectivity index (χ1v) is 12.6. The summed E-state index contributed by atoms with van der Waals surface area (Å²) in [5, 5.41) is 5.93. The van der Waals surface area contributed by atoms with E-state index in [-0.39, 0.29) is 17.3 Å². The molecule has 2 amide bonds. The summed E-state index contributed by atoms with van der Waals surface area (Å²) in [5.41, 5.74) is 1.30. The van der Waals surface area contributed by atoms with E-state index in [1.54, 1.807) is 36.4 Å². The number of benzene rings is 3. The molecular formula is C26H22ClN3O5S. The molecule has 184 valence electrons. The largest absolute Gasteiger partial charge is 0.467 e. The van der Waals surface area contributed by atoms with E-state index in [4.69, 9.17) is 16.0 Å². The first-order valence-electron chi connectivity index (χ1n) is 10.8. The first-order chi connectivity index (χ1) is 17.3. The van der Waals surface area contributed by atoms with Crippen molar-refractivity contribution in [3.8, 4) is 0 Å². The van der Waals surface area contributed by atoms with Crippen LogP contribution in [-0.2, 0) is 16.6 Å². The average Bonchev–Trinajstić information content (AvgIpc) is 3.41. The van der Waals surface area contributed by atoms with Gasteiger partial charge in [-0.05, 0) is 72.8 Å².